The number of benzene rings is 2. The highest BCUT2D eigenvalue weighted by atomic mass is 19.1. The first-order chi connectivity index (χ1) is 13.5. The van der Waals surface area contributed by atoms with E-state index in [9.17, 15) is 14.0 Å². The van der Waals surface area contributed by atoms with Crippen LogP contribution in [0.3, 0.4) is 0 Å². The van der Waals surface area contributed by atoms with E-state index in [1.807, 2.05) is 18.2 Å². The van der Waals surface area contributed by atoms with Crippen molar-refractivity contribution in [3.8, 4) is 11.3 Å². The molecule has 142 valence electrons. The Hall–Kier alpha value is -3.48. The second kappa shape index (κ2) is 7.26. The van der Waals surface area contributed by atoms with Crippen LogP contribution in [-0.2, 0) is 29.1 Å². The van der Waals surface area contributed by atoms with Crippen LogP contribution in [0.4, 0.5) is 10.1 Å². The summed E-state index contributed by atoms with van der Waals surface area (Å²) < 4.78 is 13.9. The second-order valence-electron chi connectivity index (χ2n) is 6.81. The monoisotopic (exact) mass is 378 g/mol. The molecule has 0 saturated carbocycles. The lowest BCUT2D eigenvalue weighted by molar-refractivity contribution is -0.132. The van der Waals surface area contributed by atoms with Crippen molar-refractivity contribution >= 4 is 17.5 Å². The van der Waals surface area contributed by atoms with Crippen LogP contribution in [-0.4, -0.2) is 26.9 Å². The number of nitrogens with one attached hydrogen (secondary N) is 2. The highest BCUT2D eigenvalue weighted by molar-refractivity contribution is 5.90. The summed E-state index contributed by atoms with van der Waals surface area (Å²) in [6.45, 7) is 2.02. The summed E-state index contributed by atoms with van der Waals surface area (Å²) >= 11 is 0. The molecule has 0 aliphatic carbocycles. The van der Waals surface area contributed by atoms with E-state index in [1.54, 1.807) is 29.2 Å². The summed E-state index contributed by atoms with van der Waals surface area (Å²) in [5.41, 5.74) is 4.36. The van der Waals surface area contributed by atoms with Gasteiger partial charge in [0.1, 0.15) is 5.82 Å². The first-order valence-electron chi connectivity index (χ1n) is 8.96. The molecule has 3 aromatic rings. The first kappa shape index (κ1) is 17.9. The van der Waals surface area contributed by atoms with Gasteiger partial charge in [-0.1, -0.05) is 30.3 Å². The van der Waals surface area contributed by atoms with Gasteiger partial charge in [0.05, 0.1) is 24.4 Å². The van der Waals surface area contributed by atoms with Gasteiger partial charge in [0.25, 0.3) is 0 Å². The molecule has 0 spiro atoms. The molecule has 28 heavy (non-hydrogen) atoms. The van der Waals surface area contributed by atoms with Gasteiger partial charge < -0.3 is 10.2 Å². The Bertz CT molecular complexity index is 1060. The topological polar surface area (TPSA) is 78.1 Å². The molecule has 2 aromatic carbocycles. The van der Waals surface area contributed by atoms with Gasteiger partial charge in [-0.05, 0) is 18.2 Å². The van der Waals surface area contributed by atoms with E-state index in [2.05, 4.69) is 15.5 Å². The maximum absolute atomic E-state index is 13.9. The Labute approximate surface area is 161 Å². The van der Waals surface area contributed by atoms with Gasteiger partial charge in [-0.3, -0.25) is 14.7 Å². The van der Waals surface area contributed by atoms with E-state index in [0.29, 0.717) is 23.5 Å². The van der Waals surface area contributed by atoms with Crippen molar-refractivity contribution in [2.45, 2.75) is 26.4 Å². The third kappa shape index (κ3) is 3.51. The summed E-state index contributed by atoms with van der Waals surface area (Å²) in [4.78, 5) is 25.6. The molecule has 0 saturated heterocycles. The van der Waals surface area contributed by atoms with Crippen LogP contribution in [0, 0.1) is 5.82 Å². The predicted molar refractivity (Wildman–Crippen MR) is 103 cm³/mol. The minimum absolute atomic E-state index is 0.0728. The van der Waals surface area contributed by atoms with E-state index in [-0.39, 0.29) is 30.6 Å². The van der Waals surface area contributed by atoms with Gasteiger partial charge in [0.2, 0.25) is 11.8 Å². The van der Waals surface area contributed by atoms with Crippen molar-refractivity contribution in [1.29, 1.82) is 0 Å². The molecule has 2 heterocycles. The number of carbonyl (C=O) groups excluding carboxylic acids is 2. The molecule has 0 unspecified atom stereocenters. The van der Waals surface area contributed by atoms with Crippen molar-refractivity contribution < 1.29 is 14.0 Å². The lowest BCUT2D eigenvalue weighted by atomic mass is 9.99. The maximum atomic E-state index is 13.9. The van der Waals surface area contributed by atoms with Crippen LogP contribution in [0.15, 0.2) is 48.5 Å². The highest BCUT2D eigenvalue weighted by Gasteiger charge is 2.28. The van der Waals surface area contributed by atoms with Crippen molar-refractivity contribution in [2.75, 3.05) is 5.32 Å². The molecule has 2 amide bonds. The van der Waals surface area contributed by atoms with E-state index in [4.69, 9.17) is 0 Å². The van der Waals surface area contributed by atoms with Crippen molar-refractivity contribution in [2.24, 2.45) is 0 Å². The SMILES string of the molecule is CC(=O)Nc1cccc(-c2n[nH]c3c2CC(=O)N(Cc2ccccc2F)C3)c1. The number of aromatic amines is 1. The van der Waals surface area contributed by atoms with Gasteiger partial charge in [0, 0.05) is 35.8 Å². The summed E-state index contributed by atoms with van der Waals surface area (Å²) in [6.07, 6.45) is 0.194. The van der Waals surface area contributed by atoms with Crippen LogP contribution >= 0.6 is 0 Å². The van der Waals surface area contributed by atoms with Crippen molar-refractivity contribution in [3.63, 3.8) is 0 Å². The van der Waals surface area contributed by atoms with E-state index in [1.165, 1.54) is 13.0 Å². The summed E-state index contributed by atoms with van der Waals surface area (Å²) in [7, 11) is 0. The summed E-state index contributed by atoms with van der Waals surface area (Å²) in [5.74, 6) is -0.544. The van der Waals surface area contributed by atoms with Gasteiger partial charge in [-0.2, -0.15) is 5.10 Å². The molecule has 0 fully saturated rings. The van der Waals surface area contributed by atoms with Gasteiger partial charge in [-0.25, -0.2) is 4.39 Å². The number of halogens is 1. The van der Waals surface area contributed by atoms with E-state index >= 15 is 0 Å². The van der Waals surface area contributed by atoms with Crippen molar-refractivity contribution in [1.82, 2.24) is 15.1 Å². The number of fused-ring (bicyclic) bond motifs is 1. The molecule has 1 aliphatic heterocycles. The minimum Gasteiger partial charge on any atom is -0.332 e. The number of nitrogens with zero attached hydrogens (tertiary/aromatic N) is 2. The van der Waals surface area contributed by atoms with E-state index < -0.39 is 0 Å². The number of amides is 2. The quantitative estimate of drug-likeness (QED) is 0.731. The number of H-pyrrole nitrogens is 1. The van der Waals surface area contributed by atoms with Crippen LogP contribution in [0.2, 0.25) is 0 Å². The maximum Gasteiger partial charge on any atom is 0.227 e. The average Bonchev–Trinajstić information content (AvgIpc) is 3.06. The number of rotatable bonds is 4. The number of anilines is 1. The number of carbonyl (C=O) groups is 2. The third-order valence-electron chi connectivity index (χ3n) is 4.76. The molecule has 1 aliphatic rings. The fourth-order valence-electron chi connectivity index (χ4n) is 3.43. The van der Waals surface area contributed by atoms with Crippen LogP contribution in [0.1, 0.15) is 23.7 Å². The number of hydrogen-bond acceptors (Lipinski definition) is 3. The molecule has 0 bridgehead atoms. The zero-order valence-electron chi connectivity index (χ0n) is 15.3. The Balaban J connectivity index is 1.59. The lowest BCUT2D eigenvalue weighted by Gasteiger charge is -2.27. The first-order valence-corrected chi connectivity index (χ1v) is 8.96. The molecule has 6 nitrogen and oxygen atoms in total. The molecular formula is C21H19FN4O2. The Morgan fingerprint density at radius 2 is 2.07 bits per heavy atom. The second-order valence-corrected chi connectivity index (χ2v) is 6.81. The van der Waals surface area contributed by atoms with Crippen molar-refractivity contribution in [3.05, 3.63) is 71.2 Å². The number of aromatic nitrogens is 2. The standard InChI is InChI=1S/C21H19FN4O2/c1-13(27)23-16-7-4-6-14(9-16)21-17-10-20(28)26(12-19(17)24-25-21)11-15-5-2-3-8-18(15)22/h2-9H,10-12H2,1H3,(H,23,27)(H,24,25). The molecule has 4 rings (SSSR count). The average molecular weight is 378 g/mol. The number of hydrogen-bond donors (Lipinski definition) is 2. The van der Waals surface area contributed by atoms with E-state index in [0.717, 1.165) is 16.8 Å². The third-order valence-corrected chi connectivity index (χ3v) is 4.76. The molecular weight excluding hydrogens is 359 g/mol. The van der Waals surface area contributed by atoms with Gasteiger partial charge in [0.15, 0.2) is 0 Å². The van der Waals surface area contributed by atoms with Crippen LogP contribution in [0.25, 0.3) is 11.3 Å². The molecule has 7 heteroatoms. The largest absolute Gasteiger partial charge is 0.332 e. The van der Waals surface area contributed by atoms with Crippen LogP contribution in [0.5, 0.6) is 0 Å². The smallest absolute Gasteiger partial charge is 0.227 e. The predicted octanol–water partition coefficient (Wildman–Crippen LogP) is 3.26. The molecule has 0 radical (unpaired) electrons. The van der Waals surface area contributed by atoms with Crippen LogP contribution < -0.4 is 5.32 Å². The minimum atomic E-state index is -0.318. The van der Waals surface area contributed by atoms with Gasteiger partial charge in [-0.15, -0.1) is 0 Å². The Morgan fingerprint density at radius 1 is 1.25 bits per heavy atom. The Kier molecular flexibility index (Phi) is 4.65. The molecule has 2 N–H and O–H groups in total. The zero-order chi connectivity index (χ0) is 19.7. The zero-order valence-corrected chi connectivity index (χ0v) is 15.3. The Morgan fingerprint density at radius 3 is 2.86 bits per heavy atom. The normalized spacial score (nSPS) is 13.4. The summed E-state index contributed by atoms with van der Waals surface area (Å²) in [5, 5.41) is 10.2. The summed E-state index contributed by atoms with van der Waals surface area (Å²) in [6, 6.07) is 13.8. The van der Waals surface area contributed by atoms with Gasteiger partial charge >= 0.3 is 0 Å². The lowest BCUT2D eigenvalue weighted by Crippen LogP contribution is -2.35. The highest BCUT2D eigenvalue weighted by Crippen LogP contribution is 2.30. The fourth-order valence-corrected chi connectivity index (χ4v) is 3.43. The molecule has 1 aromatic heterocycles. The fraction of sp³-hybridized carbons (Fsp3) is 0.190. The molecule has 0 atom stereocenters.